The molecule has 0 unspecified atom stereocenters. The Morgan fingerprint density at radius 2 is 1.61 bits per heavy atom. The number of hydrogen-bond acceptors (Lipinski definition) is 4. The molecule has 0 radical (unpaired) electrons. The van der Waals surface area contributed by atoms with E-state index in [0.717, 1.165) is 5.56 Å². The molecule has 140 valence electrons. The Kier molecular flexibility index (Phi) is 4.76. The SMILES string of the molecule is O=C1c2ccccc2N[C@@H](c2ccccc2[N+](=O)[O-])N1CCc1ccccc1. The number of nitrogens with zero attached hydrogens (tertiary/aromatic N) is 2. The second-order valence-electron chi connectivity index (χ2n) is 6.64. The van der Waals surface area contributed by atoms with Gasteiger partial charge in [0.1, 0.15) is 6.17 Å². The van der Waals surface area contributed by atoms with Crippen LogP contribution in [0, 0.1) is 10.1 Å². The van der Waals surface area contributed by atoms with Gasteiger partial charge in [0, 0.05) is 18.3 Å². The van der Waals surface area contributed by atoms with Gasteiger partial charge in [0.25, 0.3) is 11.6 Å². The predicted octanol–water partition coefficient (Wildman–Crippen LogP) is 4.40. The van der Waals surface area contributed by atoms with Crippen molar-refractivity contribution < 1.29 is 9.72 Å². The van der Waals surface area contributed by atoms with Crippen molar-refractivity contribution in [1.82, 2.24) is 4.90 Å². The van der Waals surface area contributed by atoms with Crippen LogP contribution in [0.4, 0.5) is 11.4 Å². The lowest BCUT2D eigenvalue weighted by Gasteiger charge is -2.38. The summed E-state index contributed by atoms with van der Waals surface area (Å²) in [6.45, 7) is 0.445. The third-order valence-corrected chi connectivity index (χ3v) is 4.93. The molecule has 3 aromatic carbocycles. The van der Waals surface area contributed by atoms with Crippen LogP contribution in [0.5, 0.6) is 0 Å². The number of benzene rings is 3. The van der Waals surface area contributed by atoms with Crippen LogP contribution >= 0.6 is 0 Å². The maximum absolute atomic E-state index is 13.2. The van der Waals surface area contributed by atoms with E-state index < -0.39 is 11.1 Å². The maximum atomic E-state index is 13.2. The highest BCUT2D eigenvalue weighted by Crippen LogP contribution is 2.36. The Morgan fingerprint density at radius 3 is 2.39 bits per heavy atom. The first-order valence-corrected chi connectivity index (χ1v) is 9.09. The molecule has 0 fully saturated rings. The van der Waals surface area contributed by atoms with Gasteiger partial charge in [0.2, 0.25) is 0 Å². The molecule has 1 N–H and O–H groups in total. The molecule has 0 spiro atoms. The van der Waals surface area contributed by atoms with Gasteiger partial charge in [-0.15, -0.1) is 0 Å². The summed E-state index contributed by atoms with van der Waals surface area (Å²) in [5.74, 6) is -0.131. The highest BCUT2D eigenvalue weighted by Gasteiger charge is 2.35. The molecule has 1 heterocycles. The Morgan fingerprint density at radius 1 is 0.929 bits per heavy atom. The summed E-state index contributed by atoms with van der Waals surface area (Å²) in [7, 11) is 0. The third kappa shape index (κ3) is 3.32. The molecule has 0 saturated carbocycles. The third-order valence-electron chi connectivity index (χ3n) is 4.93. The molecule has 0 bridgehead atoms. The molecule has 28 heavy (non-hydrogen) atoms. The zero-order chi connectivity index (χ0) is 19.5. The van der Waals surface area contributed by atoms with Crippen molar-refractivity contribution in [2.45, 2.75) is 12.6 Å². The first-order chi connectivity index (χ1) is 13.6. The van der Waals surface area contributed by atoms with Crippen LogP contribution in [0.25, 0.3) is 0 Å². The van der Waals surface area contributed by atoms with Crippen molar-refractivity contribution in [2.24, 2.45) is 0 Å². The number of nitro benzene ring substituents is 1. The monoisotopic (exact) mass is 373 g/mol. The van der Waals surface area contributed by atoms with Gasteiger partial charge in [-0.3, -0.25) is 14.9 Å². The Labute approximate surface area is 162 Å². The molecular formula is C22H19N3O3. The van der Waals surface area contributed by atoms with Crippen molar-refractivity contribution in [1.29, 1.82) is 0 Å². The molecule has 6 nitrogen and oxygen atoms in total. The number of fused-ring (bicyclic) bond motifs is 1. The van der Waals surface area contributed by atoms with Crippen LogP contribution in [0.15, 0.2) is 78.9 Å². The summed E-state index contributed by atoms with van der Waals surface area (Å²) < 4.78 is 0. The van der Waals surface area contributed by atoms with Crippen LogP contribution in [-0.4, -0.2) is 22.3 Å². The quantitative estimate of drug-likeness (QED) is 0.531. The summed E-state index contributed by atoms with van der Waals surface area (Å²) in [6.07, 6.45) is 0.0563. The van der Waals surface area contributed by atoms with Crippen molar-refractivity contribution in [3.05, 3.63) is 106 Å². The van der Waals surface area contributed by atoms with E-state index in [2.05, 4.69) is 5.32 Å². The van der Waals surface area contributed by atoms with E-state index in [1.54, 1.807) is 29.2 Å². The van der Waals surface area contributed by atoms with E-state index in [1.165, 1.54) is 6.07 Å². The topological polar surface area (TPSA) is 75.5 Å². The lowest BCUT2D eigenvalue weighted by Crippen LogP contribution is -2.44. The van der Waals surface area contributed by atoms with E-state index in [1.807, 2.05) is 48.5 Å². The lowest BCUT2D eigenvalue weighted by atomic mass is 10.0. The normalized spacial score (nSPS) is 15.6. The molecule has 3 aromatic rings. The molecule has 0 aromatic heterocycles. The van der Waals surface area contributed by atoms with Gasteiger partial charge in [-0.05, 0) is 30.2 Å². The number of rotatable bonds is 5. The Balaban J connectivity index is 1.73. The van der Waals surface area contributed by atoms with Crippen LogP contribution in [0.2, 0.25) is 0 Å². The van der Waals surface area contributed by atoms with Gasteiger partial charge in [-0.25, -0.2) is 0 Å². The van der Waals surface area contributed by atoms with Crippen molar-refractivity contribution >= 4 is 17.3 Å². The van der Waals surface area contributed by atoms with Gasteiger partial charge in [-0.1, -0.05) is 54.6 Å². The standard InChI is InChI=1S/C22H19N3O3/c26-22-17-10-4-6-12-19(17)23-21(18-11-5-7-13-20(18)25(27)28)24(22)15-14-16-8-2-1-3-9-16/h1-13,21,23H,14-15H2/t21-/m1/s1. The fourth-order valence-corrected chi connectivity index (χ4v) is 3.55. The molecule has 1 aliphatic heterocycles. The van der Waals surface area contributed by atoms with Crippen molar-refractivity contribution in [3.8, 4) is 0 Å². The minimum atomic E-state index is -0.604. The fraction of sp³-hybridized carbons (Fsp3) is 0.136. The summed E-state index contributed by atoms with van der Waals surface area (Å²) in [4.78, 5) is 26.0. The first kappa shape index (κ1) is 17.7. The van der Waals surface area contributed by atoms with E-state index in [4.69, 9.17) is 0 Å². The number of nitrogens with one attached hydrogen (secondary N) is 1. The van der Waals surface area contributed by atoms with E-state index in [0.29, 0.717) is 29.8 Å². The van der Waals surface area contributed by atoms with Crippen molar-refractivity contribution in [3.63, 3.8) is 0 Å². The van der Waals surface area contributed by atoms with Gasteiger partial charge >= 0.3 is 0 Å². The van der Waals surface area contributed by atoms with Gasteiger partial charge in [0.15, 0.2) is 0 Å². The van der Waals surface area contributed by atoms with Crippen LogP contribution < -0.4 is 5.32 Å². The van der Waals surface area contributed by atoms with Gasteiger partial charge < -0.3 is 10.2 Å². The molecular weight excluding hydrogens is 354 g/mol. The first-order valence-electron chi connectivity index (χ1n) is 9.09. The molecule has 4 rings (SSSR count). The Hall–Kier alpha value is -3.67. The highest BCUT2D eigenvalue weighted by atomic mass is 16.6. The van der Waals surface area contributed by atoms with Crippen LogP contribution in [0.1, 0.15) is 27.7 Å². The number of para-hydroxylation sites is 2. The molecule has 0 aliphatic carbocycles. The Bertz CT molecular complexity index is 1020. The van der Waals surface area contributed by atoms with E-state index >= 15 is 0 Å². The molecule has 1 atom stereocenters. The van der Waals surface area contributed by atoms with E-state index in [-0.39, 0.29) is 11.6 Å². The summed E-state index contributed by atoms with van der Waals surface area (Å²) >= 11 is 0. The summed E-state index contributed by atoms with van der Waals surface area (Å²) in [6, 6.07) is 23.7. The second-order valence-corrected chi connectivity index (χ2v) is 6.64. The minimum absolute atomic E-state index is 0.00288. The van der Waals surface area contributed by atoms with E-state index in [9.17, 15) is 14.9 Å². The average molecular weight is 373 g/mol. The molecule has 0 saturated heterocycles. The number of carbonyl (C=O) groups is 1. The van der Waals surface area contributed by atoms with Crippen LogP contribution in [-0.2, 0) is 6.42 Å². The smallest absolute Gasteiger partial charge is 0.276 e. The number of nitro groups is 1. The zero-order valence-electron chi connectivity index (χ0n) is 15.1. The number of hydrogen-bond donors (Lipinski definition) is 1. The lowest BCUT2D eigenvalue weighted by molar-refractivity contribution is -0.385. The molecule has 1 amide bonds. The minimum Gasteiger partial charge on any atom is -0.361 e. The number of anilines is 1. The highest BCUT2D eigenvalue weighted by molar-refractivity contribution is 6.01. The van der Waals surface area contributed by atoms with Gasteiger partial charge in [-0.2, -0.15) is 0 Å². The largest absolute Gasteiger partial charge is 0.361 e. The van der Waals surface area contributed by atoms with Crippen molar-refractivity contribution in [2.75, 3.05) is 11.9 Å². The second kappa shape index (κ2) is 7.52. The molecule has 1 aliphatic rings. The maximum Gasteiger partial charge on any atom is 0.276 e. The predicted molar refractivity (Wildman–Crippen MR) is 107 cm³/mol. The number of amides is 1. The fourth-order valence-electron chi connectivity index (χ4n) is 3.55. The average Bonchev–Trinajstić information content (AvgIpc) is 2.73. The summed E-state index contributed by atoms with van der Waals surface area (Å²) in [5, 5.41) is 14.9. The number of carbonyl (C=O) groups excluding carboxylic acids is 1. The molecule has 6 heteroatoms. The van der Waals surface area contributed by atoms with Crippen LogP contribution in [0.3, 0.4) is 0 Å². The summed E-state index contributed by atoms with van der Waals surface area (Å²) in [5.41, 5.74) is 2.84. The zero-order valence-corrected chi connectivity index (χ0v) is 15.1. The van der Waals surface area contributed by atoms with Gasteiger partial charge in [0.05, 0.1) is 16.1 Å².